The predicted octanol–water partition coefficient (Wildman–Crippen LogP) is 10.0. The predicted molar refractivity (Wildman–Crippen MR) is 189 cm³/mol. The van der Waals surface area contributed by atoms with Crippen molar-refractivity contribution in [2.45, 2.75) is 0 Å². The molecular formula is C41H25N5. The fourth-order valence-corrected chi connectivity index (χ4v) is 7.06. The lowest BCUT2D eigenvalue weighted by molar-refractivity contribution is 1.03. The van der Waals surface area contributed by atoms with Crippen LogP contribution in [0, 0.1) is 0 Å². The second kappa shape index (κ2) is 9.58. The summed E-state index contributed by atoms with van der Waals surface area (Å²) in [5.41, 5.74) is 7.11. The van der Waals surface area contributed by atoms with Crippen molar-refractivity contribution >= 4 is 65.4 Å². The van der Waals surface area contributed by atoms with E-state index >= 15 is 0 Å². The molecule has 10 rings (SSSR count). The van der Waals surface area contributed by atoms with Gasteiger partial charge in [0.25, 0.3) is 0 Å². The molecule has 0 saturated carbocycles. The maximum atomic E-state index is 5.40. The third-order valence-electron chi connectivity index (χ3n) is 9.18. The highest BCUT2D eigenvalue weighted by molar-refractivity contribution is 6.20. The van der Waals surface area contributed by atoms with Gasteiger partial charge in [0, 0.05) is 33.3 Å². The van der Waals surface area contributed by atoms with Gasteiger partial charge in [-0.1, -0.05) is 109 Å². The van der Waals surface area contributed by atoms with E-state index in [4.69, 9.17) is 15.0 Å². The Balaban J connectivity index is 1.25. The molecule has 0 fully saturated rings. The van der Waals surface area contributed by atoms with Crippen LogP contribution in [0.1, 0.15) is 0 Å². The summed E-state index contributed by atoms with van der Waals surface area (Å²) in [6, 6.07) is 49.1. The minimum absolute atomic E-state index is 0.779. The molecule has 0 aliphatic heterocycles. The molecule has 5 nitrogen and oxygen atoms in total. The van der Waals surface area contributed by atoms with Crippen LogP contribution < -0.4 is 0 Å². The average molecular weight is 588 g/mol. The topological polar surface area (TPSA) is 48.5 Å². The average Bonchev–Trinajstić information content (AvgIpc) is 3.63. The van der Waals surface area contributed by atoms with Gasteiger partial charge in [-0.25, -0.2) is 15.0 Å². The van der Waals surface area contributed by atoms with Gasteiger partial charge in [-0.2, -0.15) is 0 Å². The van der Waals surface area contributed by atoms with E-state index in [0.29, 0.717) is 0 Å². The first-order valence-electron chi connectivity index (χ1n) is 15.4. The Morgan fingerprint density at radius 3 is 1.98 bits per heavy atom. The summed E-state index contributed by atoms with van der Waals surface area (Å²) in [4.78, 5) is 15.4. The van der Waals surface area contributed by atoms with Crippen molar-refractivity contribution in [3.63, 3.8) is 0 Å². The molecule has 5 heteroatoms. The minimum Gasteiger partial charge on any atom is -0.292 e. The number of hydrogen-bond acceptors (Lipinski definition) is 3. The molecule has 0 spiro atoms. The summed E-state index contributed by atoms with van der Waals surface area (Å²) >= 11 is 0. The van der Waals surface area contributed by atoms with E-state index in [1.807, 2.05) is 30.6 Å². The van der Waals surface area contributed by atoms with Gasteiger partial charge < -0.3 is 0 Å². The van der Waals surface area contributed by atoms with Crippen LogP contribution in [0.15, 0.2) is 152 Å². The fraction of sp³-hybridized carbons (Fsp3) is 0. The fourth-order valence-electron chi connectivity index (χ4n) is 7.06. The van der Waals surface area contributed by atoms with Gasteiger partial charge in [-0.3, -0.25) is 9.13 Å². The van der Waals surface area contributed by atoms with E-state index in [1.54, 1.807) is 0 Å². The van der Waals surface area contributed by atoms with Gasteiger partial charge in [0.15, 0.2) is 11.5 Å². The summed E-state index contributed by atoms with van der Waals surface area (Å²) in [7, 11) is 0. The summed E-state index contributed by atoms with van der Waals surface area (Å²) in [6.45, 7) is 0. The molecule has 46 heavy (non-hydrogen) atoms. The lowest BCUT2D eigenvalue weighted by atomic mass is 10.0. The maximum absolute atomic E-state index is 5.40. The molecule has 0 aliphatic rings. The lowest BCUT2D eigenvalue weighted by Gasteiger charge is -2.10. The van der Waals surface area contributed by atoms with Crippen LogP contribution >= 0.6 is 0 Å². The molecule has 10 aromatic rings. The van der Waals surface area contributed by atoms with E-state index in [1.165, 1.54) is 32.3 Å². The molecule has 4 heterocycles. The van der Waals surface area contributed by atoms with Crippen LogP contribution in [0.3, 0.4) is 0 Å². The molecule has 0 radical (unpaired) electrons. The molecule has 0 aliphatic carbocycles. The summed E-state index contributed by atoms with van der Waals surface area (Å²) < 4.78 is 4.41. The Morgan fingerprint density at radius 1 is 0.413 bits per heavy atom. The van der Waals surface area contributed by atoms with Crippen LogP contribution in [-0.4, -0.2) is 24.1 Å². The first kappa shape index (κ1) is 25.0. The Hall–Kier alpha value is -6.33. The third kappa shape index (κ3) is 3.60. The summed E-state index contributed by atoms with van der Waals surface area (Å²) in [6.07, 6.45) is 3.84. The van der Waals surface area contributed by atoms with Gasteiger partial charge >= 0.3 is 0 Å². The second-order valence-corrected chi connectivity index (χ2v) is 11.8. The molecule has 0 saturated heterocycles. The molecule has 4 aromatic heterocycles. The number of aromatic nitrogens is 5. The van der Waals surface area contributed by atoms with Crippen LogP contribution in [0.2, 0.25) is 0 Å². The highest BCUT2D eigenvalue weighted by Gasteiger charge is 2.20. The van der Waals surface area contributed by atoms with Crippen molar-refractivity contribution in [2.75, 3.05) is 0 Å². The number of para-hydroxylation sites is 1. The Labute approximate surface area is 263 Å². The normalized spacial score (nSPS) is 11.9. The third-order valence-corrected chi connectivity index (χ3v) is 9.18. The number of pyridine rings is 1. The highest BCUT2D eigenvalue weighted by Crippen LogP contribution is 2.39. The molecule has 0 unspecified atom stereocenters. The second-order valence-electron chi connectivity index (χ2n) is 11.8. The van der Waals surface area contributed by atoms with Crippen molar-refractivity contribution in [1.82, 2.24) is 24.1 Å². The molecule has 0 amide bonds. The number of nitrogens with zero attached hydrogens (tertiary/aromatic N) is 5. The van der Waals surface area contributed by atoms with Crippen molar-refractivity contribution in [1.29, 1.82) is 0 Å². The van der Waals surface area contributed by atoms with Crippen molar-refractivity contribution < 1.29 is 0 Å². The largest absolute Gasteiger partial charge is 0.292 e. The Kier molecular flexibility index (Phi) is 5.22. The summed E-state index contributed by atoms with van der Waals surface area (Å²) in [5.74, 6) is 1.59. The zero-order valence-electron chi connectivity index (χ0n) is 24.7. The number of rotatable bonds is 3. The first-order chi connectivity index (χ1) is 22.8. The van der Waals surface area contributed by atoms with Gasteiger partial charge in [-0.05, 0) is 52.1 Å². The molecular weight excluding hydrogens is 562 g/mol. The number of hydrogen-bond donors (Lipinski definition) is 0. The van der Waals surface area contributed by atoms with Gasteiger partial charge in [0.2, 0.25) is 0 Å². The zero-order chi connectivity index (χ0) is 30.2. The van der Waals surface area contributed by atoms with Gasteiger partial charge in [-0.15, -0.1) is 0 Å². The van der Waals surface area contributed by atoms with Crippen molar-refractivity contribution in [3.8, 4) is 22.8 Å². The minimum atomic E-state index is 0.779. The van der Waals surface area contributed by atoms with Crippen molar-refractivity contribution in [2.24, 2.45) is 0 Å². The molecule has 0 bridgehead atoms. The smallest absolute Gasteiger partial charge is 0.165 e. The number of fused-ring (bicyclic) bond motifs is 9. The molecule has 6 aromatic carbocycles. The van der Waals surface area contributed by atoms with Gasteiger partial charge in [0.05, 0.1) is 22.7 Å². The van der Waals surface area contributed by atoms with Crippen LogP contribution in [0.25, 0.3) is 88.2 Å². The van der Waals surface area contributed by atoms with Crippen molar-refractivity contribution in [3.05, 3.63) is 152 Å². The molecule has 0 N–H and O–H groups in total. The maximum Gasteiger partial charge on any atom is 0.165 e. The van der Waals surface area contributed by atoms with E-state index < -0.39 is 0 Å². The van der Waals surface area contributed by atoms with Gasteiger partial charge in [0.1, 0.15) is 11.3 Å². The monoisotopic (exact) mass is 587 g/mol. The van der Waals surface area contributed by atoms with Crippen LogP contribution in [-0.2, 0) is 0 Å². The summed E-state index contributed by atoms with van der Waals surface area (Å²) in [5, 5.41) is 8.23. The molecule has 214 valence electrons. The first-order valence-corrected chi connectivity index (χ1v) is 15.4. The highest BCUT2D eigenvalue weighted by atomic mass is 15.2. The Bertz CT molecular complexity index is 2790. The Morgan fingerprint density at radius 2 is 1.15 bits per heavy atom. The van der Waals surface area contributed by atoms with E-state index in [2.05, 4.69) is 130 Å². The van der Waals surface area contributed by atoms with Crippen LogP contribution in [0.5, 0.6) is 0 Å². The molecule has 0 atom stereocenters. The van der Waals surface area contributed by atoms with E-state index in [0.717, 1.165) is 55.9 Å². The lowest BCUT2D eigenvalue weighted by Crippen LogP contribution is -2.02. The zero-order valence-corrected chi connectivity index (χ0v) is 24.7. The van der Waals surface area contributed by atoms with Crippen LogP contribution in [0.4, 0.5) is 0 Å². The SMILES string of the molecule is c1ccc(-c2ccc(-n3c4ccccc4c4nc(-n5c6cc7ccccc7cc6c6ccc7ccccc7c65)cnc43)nc2)cc1. The quantitative estimate of drug-likeness (QED) is 0.207. The number of benzene rings is 6. The van der Waals surface area contributed by atoms with E-state index in [-0.39, 0.29) is 0 Å². The standard InChI is InChI=1S/C41H25N5/c1-2-10-26(11-3-1)30-19-21-37(42-24-30)46-35-17-9-8-16-33(35)39-41(46)43-25-38(44-39)45-36-23-29-14-5-4-13-28(29)22-34(36)32-20-18-27-12-6-7-15-31(27)40(32)45/h1-25H. The van der Waals surface area contributed by atoms with E-state index in [9.17, 15) is 0 Å².